The predicted molar refractivity (Wildman–Crippen MR) is 102 cm³/mol. The van der Waals surface area contributed by atoms with Gasteiger partial charge < -0.3 is 4.18 Å². The fourth-order valence-corrected chi connectivity index (χ4v) is 5.21. The molecule has 0 radical (unpaired) electrons. The quantitative estimate of drug-likeness (QED) is 0.716. The number of aryl methyl sites for hydroxylation is 2. The molecule has 0 amide bonds. The summed E-state index contributed by atoms with van der Waals surface area (Å²) in [7, 11) is -7.75. The van der Waals surface area contributed by atoms with Gasteiger partial charge in [-0.2, -0.15) is 8.42 Å². The minimum absolute atomic E-state index is 0.00648. The molecule has 0 unspecified atom stereocenters. The van der Waals surface area contributed by atoms with Crippen LogP contribution in [-0.2, 0) is 20.0 Å². The predicted octanol–water partition coefficient (Wildman–Crippen LogP) is 3.91. The second-order valence-electron chi connectivity index (χ2n) is 6.89. The lowest BCUT2D eigenvalue weighted by molar-refractivity contribution is 0.480. The smallest absolute Gasteiger partial charge is 0.339 e. The number of hydrogen-bond acceptors (Lipinski definition) is 5. The van der Waals surface area contributed by atoms with Crippen LogP contribution < -0.4 is 4.18 Å². The summed E-state index contributed by atoms with van der Waals surface area (Å²) in [6.07, 6.45) is 1.06. The summed E-state index contributed by atoms with van der Waals surface area (Å²) in [4.78, 5) is -0.137. The molecule has 0 aliphatic carbocycles. The first kappa shape index (κ1) is 20.5. The molecule has 5 nitrogen and oxygen atoms in total. The number of benzene rings is 2. The molecule has 0 spiro atoms. The zero-order chi connectivity index (χ0) is 19.9. The van der Waals surface area contributed by atoms with Crippen molar-refractivity contribution < 1.29 is 21.0 Å². The second-order valence-corrected chi connectivity index (χ2v) is 10.4. The fraction of sp³-hybridized carbons (Fsp3) is 0.368. The highest BCUT2D eigenvalue weighted by atomic mass is 32.2. The largest absolute Gasteiger partial charge is 0.379 e. The molecule has 0 atom stereocenters. The van der Waals surface area contributed by atoms with Crippen LogP contribution in [0.3, 0.4) is 0 Å². The van der Waals surface area contributed by atoms with Crippen molar-refractivity contribution in [2.75, 3.05) is 6.26 Å². The number of rotatable bonds is 5. The average Bonchev–Trinajstić information content (AvgIpc) is 2.47. The van der Waals surface area contributed by atoms with E-state index in [1.807, 2.05) is 32.9 Å². The van der Waals surface area contributed by atoms with Gasteiger partial charge in [0.15, 0.2) is 9.84 Å². The van der Waals surface area contributed by atoms with E-state index in [2.05, 4.69) is 0 Å². The third-order valence-electron chi connectivity index (χ3n) is 4.12. The van der Waals surface area contributed by atoms with Crippen LogP contribution in [0.15, 0.2) is 40.1 Å². The maximum absolute atomic E-state index is 12.9. The van der Waals surface area contributed by atoms with Gasteiger partial charge in [0.25, 0.3) is 0 Å². The molecular weight excluding hydrogens is 372 g/mol. The molecular formula is C19H24O5S2. The van der Waals surface area contributed by atoms with Crippen molar-refractivity contribution in [3.63, 3.8) is 0 Å². The van der Waals surface area contributed by atoms with Crippen LogP contribution in [0.5, 0.6) is 5.75 Å². The van der Waals surface area contributed by atoms with Crippen LogP contribution in [0.25, 0.3) is 0 Å². The van der Waals surface area contributed by atoms with Crippen molar-refractivity contribution in [1.29, 1.82) is 0 Å². The highest BCUT2D eigenvalue weighted by molar-refractivity contribution is 7.91. The Morgan fingerprint density at radius 2 is 1.42 bits per heavy atom. The topological polar surface area (TPSA) is 77.5 Å². The van der Waals surface area contributed by atoms with Gasteiger partial charge in [0, 0.05) is 6.26 Å². The zero-order valence-corrected chi connectivity index (χ0v) is 17.5. The summed E-state index contributed by atoms with van der Waals surface area (Å²) in [6, 6.07) is 8.32. The van der Waals surface area contributed by atoms with Crippen molar-refractivity contribution in [3.8, 4) is 5.75 Å². The molecule has 142 valence electrons. The van der Waals surface area contributed by atoms with E-state index >= 15 is 0 Å². The lowest BCUT2D eigenvalue weighted by atomic mass is 10.0. The summed E-state index contributed by atoms with van der Waals surface area (Å²) in [6.45, 7) is 8.88. The van der Waals surface area contributed by atoms with E-state index in [0.29, 0.717) is 5.56 Å². The third-order valence-corrected chi connectivity index (χ3v) is 6.70. The summed E-state index contributed by atoms with van der Waals surface area (Å²) in [5.41, 5.74) is 2.34. The van der Waals surface area contributed by atoms with Crippen molar-refractivity contribution in [1.82, 2.24) is 0 Å². The average molecular weight is 397 g/mol. The third kappa shape index (κ3) is 4.27. The van der Waals surface area contributed by atoms with Crippen LogP contribution in [-0.4, -0.2) is 23.1 Å². The van der Waals surface area contributed by atoms with Crippen LogP contribution >= 0.6 is 0 Å². The first-order chi connectivity index (χ1) is 11.8. The summed E-state index contributed by atoms with van der Waals surface area (Å²) in [5, 5.41) is 0. The Bertz CT molecular complexity index is 1050. The van der Waals surface area contributed by atoms with E-state index in [1.165, 1.54) is 19.1 Å². The number of hydrogen-bond donors (Lipinski definition) is 0. The number of sulfone groups is 1. The Morgan fingerprint density at radius 1 is 0.846 bits per heavy atom. The highest BCUT2D eigenvalue weighted by Crippen LogP contribution is 2.32. The molecule has 2 rings (SSSR count). The molecule has 0 aliphatic heterocycles. The van der Waals surface area contributed by atoms with Gasteiger partial charge in [-0.05, 0) is 67.1 Å². The zero-order valence-electron chi connectivity index (χ0n) is 15.8. The molecule has 26 heavy (non-hydrogen) atoms. The molecule has 0 aliphatic rings. The Hall–Kier alpha value is -1.86. The highest BCUT2D eigenvalue weighted by Gasteiger charge is 2.26. The van der Waals surface area contributed by atoms with Gasteiger partial charge in [-0.1, -0.05) is 26.0 Å². The van der Waals surface area contributed by atoms with Crippen molar-refractivity contribution in [2.45, 2.75) is 50.3 Å². The van der Waals surface area contributed by atoms with Crippen LogP contribution in [0.2, 0.25) is 0 Å². The minimum atomic E-state index is -4.19. The van der Waals surface area contributed by atoms with Gasteiger partial charge in [-0.3, -0.25) is 0 Å². The first-order valence-corrected chi connectivity index (χ1v) is 11.5. The summed E-state index contributed by atoms with van der Waals surface area (Å²) >= 11 is 0. The van der Waals surface area contributed by atoms with Crippen LogP contribution in [0.1, 0.15) is 42.0 Å². The molecule has 0 heterocycles. The molecule has 0 saturated carbocycles. The van der Waals surface area contributed by atoms with E-state index < -0.39 is 20.0 Å². The standard InChI is InChI=1S/C19H24O5S2/c1-12(2)16-8-7-13(3)9-17(16)24-26(22,23)19-11-14(4)10-18(15(19)5)25(6,20)21/h7-12H,1-6H3. The molecule has 7 heteroatoms. The van der Waals surface area contributed by atoms with Crippen molar-refractivity contribution in [2.24, 2.45) is 0 Å². The van der Waals surface area contributed by atoms with Crippen molar-refractivity contribution >= 4 is 20.0 Å². The maximum atomic E-state index is 12.9. The van der Waals surface area contributed by atoms with E-state index in [-0.39, 0.29) is 27.0 Å². The Labute approximate surface area is 156 Å². The lowest BCUT2D eigenvalue weighted by Crippen LogP contribution is -2.15. The van der Waals surface area contributed by atoms with Gasteiger partial charge in [0.2, 0.25) is 0 Å². The summed E-state index contributed by atoms with van der Waals surface area (Å²) in [5.74, 6) is 0.341. The van der Waals surface area contributed by atoms with Crippen LogP contribution in [0, 0.1) is 20.8 Å². The maximum Gasteiger partial charge on any atom is 0.339 e. The van der Waals surface area contributed by atoms with Crippen molar-refractivity contribution in [3.05, 3.63) is 52.6 Å². The molecule has 0 aromatic heterocycles. The Balaban J connectivity index is 2.64. The molecule has 0 N–H and O–H groups in total. The molecule has 0 fully saturated rings. The Kier molecular flexibility index (Phi) is 5.54. The minimum Gasteiger partial charge on any atom is -0.379 e. The fourth-order valence-electron chi connectivity index (χ4n) is 2.79. The van der Waals surface area contributed by atoms with E-state index in [4.69, 9.17) is 4.18 Å². The lowest BCUT2D eigenvalue weighted by Gasteiger charge is -2.17. The Morgan fingerprint density at radius 3 is 1.96 bits per heavy atom. The summed E-state index contributed by atoms with van der Waals surface area (Å²) < 4.78 is 55.3. The second kappa shape index (κ2) is 7.04. The molecule has 2 aromatic carbocycles. The normalized spacial score (nSPS) is 12.4. The van der Waals surface area contributed by atoms with Crippen LogP contribution in [0.4, 0.5) is 0 Å². The van der Waals surface area contributed by atoms with Gasteiger partial charge >= 0.3 is 10.1 Å². The molecule has 0 saturated heterocycles. The van der Waals surface area contributed by atoms with Gasteiger partial charge in [-0.25, -0.2) is 8.42 Å². The van der Waals surface area contributed by atoms with E-state index in [0.717, 1.165) is 17.4 Å². The monoisotopic (exact) mass is 396 g/mol. The SMILES string of the molecule is Cc1ccc(C(C)C)c(OS(=O)(=O)c2cc(C)cc(S(C)(=O)=O)c2C)c1. The molecule has 2 aromatic rings. The van der Waals surface area contributed by atoms with E-state index in [9.17, 15) is 16.8 Å². The first-order valence-electron chi connectivity index (χ1n) is 8.19. The van der Waals surface area contributed by atoms with Gasteiger partial charge in [-0.15, -0.1) is 0 Å². The van der Waals surface area contributed by atoms with E-state index in [1.54, 1.807) is 13.0 Å². The van der Waals surface area contributed by atoms with Gasteiger partial charge in [0.1, 0.15) is 10.6 Å². The van der Waals surface area contributed by atoms with Gasteiger partial charge in [0.05, 0.1) is 4.90 Å². The molecule has 0 bridgehead atoms.